The van der Waals surface area contributed by atoms with Gasteiger partial charge < -0.3 is 15.1 Å². The lowest BCUT2D eigenvalue weighted by Gasteiger charge is -2.36. The lowest BCUT2D eigenvalue weighted by molar-refractivity contribution is -0.132. The first-order chi connectivity index (χ1) is 14.9. The smallest absolute Gasteiger partial charge is 0.322 e. The zero-order chi connectivity index (χ0) is 22.0. The van der Waals surface area contributed by atoms with Gasteiger partial charge in [-0.25, -0.2) is 4.79 Å². The van der Waals surface area contributed by atoms with E-state index in [9.17, 15) is 14.4 Å². The van der Waals surface area contributed by atoms with Crippen molar-refractivity contribution >= 4 is 35.1 Å². The van der Waals surface area contributed by atoms with Crippen molar-refractivity contribution in [1.82, 2.24) is 20.5 Å². The first-order valence-corrected chi connectivity index (χ1v) is 10.6. The Morgan fingerprint density at radius 3 is 2.42 bits per heavy atom. The number of hydrogen-bond donors (Lipinski definition) is 2. The van der Waals surface area contributed by atoms with Crippen molar-refractivity contribution < 1.29 is 14.4 Å². The van der Waals surface area contributed by atoms with E-state index in [4.69, 9.17) is 11.6 Å². The van der Waals surface area contributed by atoms with Crippen LogP contribution in [-0.4, -0.2) is 53.9 Å². The number of benzene rings is 1. The van der Waals surface area contributed by atoms with E-state index in [2.05, 4.69) is 20.5 Å². The van der Waals surface area contributed by atoms with Gasteiger partial charge in [0.15, 0.2) is 5.54 Å². The van der Waals surface area contributed by atoms with Gasteiger partial charge in [-0.1, -0.05) is 17.7 Å². The summed E-state index contributed by atoms with van der Waals surface area (Å²) in [6.45, 7) is 4.44. The molecule has 4 amide bonds. The molecule has 1 aromatic carbocycles. The Kier molecular flexibility index (Phi) is 5.82. The predicted molar refractivity (Wildman–Crippen MR) is 117 cm³/mol. The molecule has 162 valence electrons. The summed E-state index contributed by atoms with van der Waals surface area (Å²) in [4.78, 5) is 45.9. The number of amides is 4. The molecule has 2 saturated heterocycles. The van der Waals surface area contributed by atoms with Crippen LogP contribution in [0.4, 0.5) is 10.5 Å². The highest BCUT2D eigenvalue weighted by atomic mass is 35.5. The molecule has 9 heteroatoms. The Labute approximate surface area is 185 Å². The average molecular weight is 442 g/mol. The summed E-state index contributed by atoms with van der Waals surface area (Å²) >= 11 is 5.96. The molecule has 2 aromatic rings. The van der Waals surface area contributed by atoms with Crippen molar-refractivity contribution in [2.24, 2.45) is 0 Å². The largest absolute Gasteiger partial charge is 0.368 e. The number of carbonyl (C=O) groups is 3. The molecule has 4 rings (SSSR count). The first kappa shape index (κ1) is 21.1. The van der Waals surface area contributed by atoms with Crippen LogP contribution < -0.4 is 15.5 Å². The maximum absolute atomic E-state index is 12.9. The van der Waals surface area contributed by atoms with Crippen LogP contribution in [-0.2, 0) is 15.1 Å². The second kappa shape index (κ2) is 8.55. The van der Waals surface area contributed by atoms with Gasteiger partial charge in [0.05, 0.1) is 5.69 Å². The normalized spacial score (nSPS) is 21.1. The highest BCUT2D eigenvalue weighted by molar-refractivity contribution is 6.30. The number of pyridine rings is 1. The van der Waals surface area contributed by atoms with Crippen LogP contribution in [0.15, 0.2) is 42.5 Å². The summed E-state index contributed by atoms with van der Waals surface area (Å²) in [6, 6.07) is 12.4. The van der Waals surface area contributed by atoms with E-state index >= 15 is 0 Å². The van der Waals surface area contributed by atoms with Gasteiger partial charge in [0.2, 0.25) is 5.91 Å². The molecule has 0 saturated carbocycles. The van der Waals surface area contributed by atoms with Gasteiger partial charge in [-0.05, 0) is 49.7 Å². The van der Waals surface area contributed by atoms with Crippen LogP contribution in [0.25, 0.3) is 0 Å². The van der Waals surface area contributed by atoms with E-state index in [1.54, 1.807) is 17.0 Å². The van der Waals surface area contributed by atoms with E-state index in [0.29, 0.717) is 23.8 Å². The molecule has 1 aromatic heterocycles. The minimum absolute atomic E-state index is 0.0447. The predicted octanol–water partition coefficient (Wildman–Crippen LogP) is 2.21. The molecular weight excluding hydrogens is 418 g/mol. The fourth-order valence-corrected chi connectivity index (χ4v) is 4.20. The fourth-order valence-electron chi connectivity index (χ4n) is 4.08. The van der Waals surface area contributed by atoms with Crippen molar-refractivity contribution in [3.8, 4) is 0 Å². The number of imide groups is 1. The number of aryl methyl sites for hydroxylation is 1. The molecule has 0 bridgehead atoms. The van der Waals surface area contributed by atoms with E-state index in [1.165, 1.54) is 0 Å². The highest BCUT2D eigenvalue weighted by Gasteiger charge is 2.49. The number of carbonyl (C=O) groups excluding carboxylic acids is 3. The fraction of sp³-hybridized carbons (Fsp3) is 0.364. The van der Waals surface area contributed by atoms with E-state index < -0.39 is 17.5 Å². The number of hydrogen-bond acceptors (Lipinski definition) is 5. The standard InChI is InChI=1S/C22H24ClN5O3/c1-15-3-2-4-18(24-15)22(20(30)25-21(31)26-22)10-9-19(29)28-13-11-27(12-14-28)17-7-5-16(23)6-8-17/h2-8H,9-14H2,1H3,(H2,25,26,30,31). The third-order valence-electron chi connectivity index (χ3n) is 5.81. The number of piperazine rings is 1. The quantitative estimate of drug-likeness (QED) is 0.694. The molecule has 2 N–H and O–H groups in total. The van der Waals surface area contributed by atoms with Crippen LogP contribution in [0, 0.1) is 6.92 Å². The Balaban J connectivity index is 1.40. The molecule has 1 unspecified atom stereocenters. The van der Waals surface area contributed by atoms with E-state index in [-0.39, 0.29) is 18.7 Å². The van der Waals surface area contributed by atoms with Gasteiger partial charge in [0, 0.05) is 49.0 Å². The number of aromatic nitrogens is 1. The zero-order valence-electron chi connectivity index (χ0n) is 17.2. The number of rotatable bonds is 5. The molecule has 0 radical (unpaired) electrons. The Hall–Kier alpha value is -3.13. The van der Waals surface area contributed by atoms with Crippen LogP contribution in [0.5, 0.6) is 0 Å². The number of halogens is 1. The molecule has 1 atom stereocenters. The molecule has 2 aliphatic heterocycles. The van der Waals surface area contributed by atoms with Crippen molar-refractivity contribution in [3.05, 3.63) is 58.9 Å². The number of urea groups is 1. The first-order valence-electron chi connectivity index (χ1n) is 10.2. The van der Waals surface area contributed by atoms with Crippen molar-refractivity contribution in [3.63, 3.8) is 0 Å². The third-order valence-corrected chi connectivity index (χ3v) is 6.06. The van der Waals surface area contributed by atoms with Crippen LogP contribution in [0.1, 0.15) is 24.2 Å². The second-order valence-electron chi connectivity index (χ2n) is 7.82. The molecule has 0 aliphatic carbocycles. The van der Waals surface area contributed by atoms with Crippen molar-refractivity contribution in [1.29, 1.82) is 0 Å². The van der Waals surface area contributed by atoms with Gasteiger partial charge >= 0.3 is 6.03 Å². The summed E-state index contributed by atoms with van der Waals surface area (Å²) in [7, 11) is 0. The maximum Gasteiger partial charge on any atom is 0.322 e. The second-order valence-corrected chi connectivity index (χ2v) is 8.26. The Morgan fingerprint density at radius 1 is 1.10 bits per heavy atom. The Morgan fingerprint density at radius 2 is 1.81 bits per heavy atom. The number of nitrogens with zero attached hydrogens (tertiary/aromatic N) is 3. The molecule has 0 spiro atoms. The van der Waals surface area contributed by atoms with E-state index in [0.717, 1.165) is 24.5 Å². The number of nitrogens with one attached hydrogen (secondary N) is 2. The van der Waals surface area contributed by atoms with Crippen LogP contribution in [0.2, 0.25) is 5.02 Å². The van der Waals surface area contributed by atoms with Gasteiger partial charge in [-0.3, -0.25) is 19.9 Å². The van der Waals surface area contributed by atoms with E-state index in [1.807, 2.05) is 37.3 Å². The third kappa shape index (κ3) is 4.34. The molecule has 2 aliphatic rings. The molecule has 31 heavy (non-hydrogen) atoms. The minimum Gasteiger partial charge on any atom is -0.368 e. The topological polar surface area (TPSA) is 94.6 Å². The lowest BCUT2D eigenvalue weighted by atomic mass is 9.88. The molecule has 3 heterocycles. The highest BCUT2D eigenvalue weighted by Crippen LogP contribution is 2.29. The molecule has 2 fully saturated rings. The maximum atomic E-state index is 12.9. The summed E-state index contributed by atoms with van der Waals surface area (Å²) in [6.07, 6.45) is 0.279. The lowest BCUT2D eigenvalue weighted by Crippen LogP contribution is -2.50. The van der Waals surface area contributed by atoms with Gasteiger partial charge in [0.25, 0.3) is 5.91 Å². The van der Waals surface area contributed by atoms with Gasteiger partial charge in [0.1, 0.15) is 0 Å². The summed E-state index contributed by atoms with van der Waals surface area (Å²) in [5.41, 5.74) is 0.919. The molecule has 8 nitrogen and oxygen atoms in total. The van der Waals surface area contributed by atoms with Crippen LogP contribution in [0.3, 0.4) is 0 Å². The minimum atomic E-state index is -1.33. The summed E-state index contributed by atoms with van der Waals surface area (Å²) in [5, 5.41) is 5.68. The van der Waals surface area contributed by atoms with Gasteiger partial charge in [-0.2, -0.15) is 0 Å². The number of anilines is 1. The average Bonchev–Trinajstić information content (AvgIpc) is 3.06. The van der Waals surface area contributed by atoms with Crippen LogP contribution >= 0.6 is 11.6 Å². The van der Waals surface area contributed by atoms with Crippen molar-refractivity contribution in [2.45, 2.75) is 25.3 Å². The van der Waals surface area contributed by atoms with Crippen molar-refractivity contribution in [2.75, 3.05) is 31.1 Å². The Bertz CT molecular complexity index is 1000. The monoisotopic (exact) mass is 441 g/mol. The zero-order valence-corrected chi connectivity index (χ0v) is 18.0. The van der Waals surface area contributed by atoms with Gasteiger partial charge in [-0.15, -0.1) is 0 Å². The SMILES string of the molecule is Cc1cccc(C2(CCC(=O)N3CCN(c4ccc(Cl)cc4)CC3)NC(=O)NC2=O)n1. The summed E-state index contributed by atoms with van der Waals surface area (Å²) < 4.78 is 0. The summed E-state index contributed by atoms with van der Waals surface area (Å²) in [5.74, 6) is -0.521. The molecular formula is C22H24ClN5O3.